The van der Waals surface area contributed by atoms with E-state index in [9.17, 15) is 12.8 Å². The first-order valence-electron chi connectivity index (χ1n) is 6.88. The maximum Gasteiger partial charge on any atom is 0.244 e. The van der Waals surface area contributed by atoms with E-state index in [1.807, 2.05) is 27.7 Å². The fourth-order valence-corrected chi connectivity index (χ4v) is 3.97. The first kappa shape index (κ1) is 17.6. The molecule has 116 valence electrons. The molecule has 0 amide bonds. The monoisotopic (exact) mass is 312 g/mol. The van der Waals surface area contributed by atoms with Crippen LogP contribution >= 0.6 is 0 Å². The first-order chi connectivity index (χ1) is 9.70. The van der Waals surface area contributed by atoms with E-state index in [1.165, 1.54) is 16.4 Å². The average Bonchev–Trinajstić information content (AvgIpc) is 2.36. The standard InChI is InChI=1S/C15H21FN2O2S/c1-11(2)9-18(10-12(3)4)21(19,20)15-7-5-6-14(16)13(15)8-17/h5-7,11-12H,9-10H2,1-4H3. The van der Waals surface area contributed by atoms with Crippen molar-refractivity contribution >= 4 is 10.0 Å². The third-order valence-corrected chi connectivity index (χ3v) is 4.72. The zero-order chi connectivity index (χ0) is 16.2. The van der Waals surface area contributed by atoms with Crippen molar-refractivity contribution in [3.05, 3.63) is 29.6 Å². The van der Waals surface area contributed by atoms with Crippen molar-refractivity contribution in [2.45, 2.75) is 32.6 Å². The van der Waals surface area contributed by atoms with Gasteiger partial charge in [-0.2, -0.15) is 9.57 Å². The summed E-state index contributed by atoms with van der Waals surface area (Å²) in [6, 6.07) is 5.33. The van der Waals surface area contributed by atoms with E-state index in [2.05, 4.69) is 0 Å². The van der Waals surface area contributed by atoms with Crippen LogP contribution in [0, 0.1) is 29.0 Å². The lowest BCUT2D eigenvalue weighted by atomic mass is 10.2. The average molecular weight is 312 g/mol. The van der Waals surface area contributed by atoms with Crippen LogP contribution in [0.2, 0.25) is 0 Å². The van der Waals surface area contributed by atoms with E-state index in [-0.39, 0.29) is 16.7 Å². The van der Waals surface area contributed by atoms with Crippen LogP contribution in [0.25, 0.3) is 0 Å². The Morgan fingerprint density at radius 1 is 1.19 bits per heavy atom. The lowest BCUT2D eigenvalue weighted by molar-refractivity contribution is 0.333. The summed E-state index contributed by atoms with van der Waals surface area (Å²) >= 11 is 0. The molecule has 21 heavy (non-hydrogen) atoms. The molecule has 0 N–H and O–H groups in total. The Morgan fingerprint density at radius 3 is 2.14 bits per heavy atom. The lowest BCUT2D eigenvalue weighted by Gasteiger charge is -2.26. The summed E-state index contributed by atoms with van der Waals surface area (Å²) in [6.07, 6.45) is 0. The van der Waals surface area contributed by atoms with Gasteiger partial charge in [0.25, 0.3) is 0 Å². The molecule has 0 aliphatic rings. The van der Waals surface area contributed by atoms with Gasteiger partial charge in [-0.1, -0.05) is 33.8 Å². The van der Waals surface area contributed by atoms with E-state index in [4.69, 9.17) is 5.26 Å². The second-order valence-electron chi connectivity index (χ2n) is 5.83. The van der Waals surface area contributed by atoms with Crippen molar-refractivity contribution in [2.24, 2.45) is 11.8 Å². The molecular formula is C15H21FN2O2S. The predicted molar refractivity (Wildman–Crippen MR) is 79.5 cm³/mol. The number of hydrogen-bond donors (Lipinski definition) is 0. The molecule has 0 fully saturated rings. The fraction of sp³-hybridized carbons (Fsp3) is 0.533. The molecule has 0 radical (unpaired) electrons. The van der Waals surface area contributed by atoms with E-state index < -0.39 is 21.4 Å². The Balaban J connectivity index is 3.36. The zero-order valence-corrected chi connectivity index (χ0v) is 13.6. The minimum Gasteiger partial charge on any atom is -0.207 e. The van der Waals surface area contributed by atoms with Gasteiger partial charge in [0.15, 0.2) is 0 Å². The molecule has 0 aromatic heterocycles. The molecule has 1 aromatic rings. The molecule has 0 atom stereocenters. The smallest absolute Gasteiger partial charge is 0.207 e. The molecular weight excluding hydrogens is 291 g/mol. The van der Waals surface area contributed by atoms with Gasteiger partial charge in [0.05, 0.1) is 0 Å². The molecule has 1 rings (SSSR count). The van der Waals surface area contributed by atoms with Gasteiger partial charge in [-0.15, -0.1) is 0 Å². The highest BCUT2D eigenvalue weighted by atomic mass is 32.2. The van der Waals surface area contributed by atoms with Gasteiger partial charge in [-0.25, -0.2) is 12.8 Å². The topological polar surface area (TPSA) is 61.2 Å². The quantitative estimate of drug-likeness (QED) is 0.811. The van der Waals surface area contributed by atoms with E-state index in [0.717, 1.165) is 6.07 Å². The van der Waals surface area contributed by atoms with Gasteiger partial charge in [-0.3, -0.25) is 0 Å². The number of rotatable bonds is 6. The highest BCUT2D eigenvalue weighted by Gasteiger charge is 2.29. The third-order valence-electron chi connectivity index (χ3n) is 2.84. The Morgan fingerprint density at radius 2 is 1.71 bits per heavy atom. The van der Waals surface area contributed by atoms with Gasteiger partial charge in [-0.05, 0) is 24.0 Å². The molecule has 1 aromatic carbocycles. The van der Waals surface area contributed by atoms with Crippen LogP contribution in [-0.4, -0.2) is 25.8 Å². The van der Waals surface area contributed by atoms with Crippen molar-refractivity contribution in [2.75, 3.05) is 13.1 Å². The summed E-state index contributed by atoms with van der Waals surface area (Å²) < 4.78 is 40.5. The van der Waals surface area contributed by atoms with Crippen LogP contribution in [0.15, 0.2) is 23.1 Å². The first-order valence-corrected chi connectivity index (χ1v) is 8.33. The molecule has 4 nitrogen and oxygen atoms in total. The predicted octanol–water partition coefficient (Wildman–Crippen LogP) is 3.00. The summed E-state index contributed by atoms with van der Waals surface area (Å²) in [4.78, 5) is -0.258. The van der Waals surface area contributed by atoms with Crippen LogP contribution < -0.4 is 0 Å². The van der Waals surface area contributed by atoms with Crippen LogP contribution in [0.5, 0.6) is 0 Å². The van der Waals surface area contributed by atoms with E-state index in [1.54, 1.807) is 6.07 Å². The molecule has 0 bridgehead atoms. The number of hydrogen-bond acceptors (Lipinski definition) is 3. The summed E-state index contributed by atoms with van der Waals surface area (Å²) in [5, 5.41) is 9.04. The number of nitrogens with zero attached hydrogens (tertiary/aromatic N) is 2. The van der Waals surface area contributed by atoms with Crippen molar-refractivity contribution in [1.82, 2.24) is 4.31 Å². The molecule has 0 unspecified atom stereocenters. The minimum absolute atomic E-state index is 0.137. The second kappa shape index (κ2) is 7.01. The highest BCUT2D eigenvalue weighted by molar-refractivity contribution is 7.89. The lowest BCUT2D eigenvalue weighted by Crippen LogP contribution is -2.37. The number of sulfonamides is 1. The fourth-order valence-electron chi connectivity index (χ4n) is 2.05. The van der Waals surface area contributed by atoms with Gasteiger partial charge in [0.1, 0.15) is 22.3 Å². The van der Waals surface area contributed by atoms with Crippen molar-refractivity contribution in [1.29, 1.82) is 5.26 Å². The SMILES string of the molecule is CC(C)CN(CC(C)C)S(=O)(=O)c1cccc(F)c1C#N. The number of halogens is 1. The van der Waals surface area contributed by atoms with Gasteiger partial charge in [0, 0.05) is 13.1 Å². The van der Waals surface area contributed by atoms with Crippen molar-refractivity contribution in [3.8, 4) is 6.07 Å². The summed E-state index contributed by atoms with van der Waals surface area (Å²) in [7, 11) is -3.89. The molecule has 0 heterocycles. The molecule has 0 spiro atoms. The molecule has 6 heteroatoms. The summed E-state index contributed by atoms with van der Waals surface area (Å²) in [5.74, 6) is -0.539. The van der Waals surface area contributed by atoms with Crippen molar-refractivity contribution < 1.29 is 12.8 Å². The van der Waals surface area contributed by atoms with Gasteiger partial charge >= 0.3 is 0 Å². The second-order valence-corrected chi connectivity index (χ2v) is 7.74. The van der Waals surface area contributed by atoms with E-state index in [0.29, 0.717) is 13.1 Å². The normalized spacial score (nSPS) is 12.1. The Bertz CT molecular complexity index is 624. The Hall–Kier alpha value is -1.45. The molecule has 0 aliphatic heterocycles. The maximum absolute atomic E-state index is 13.7. The zero-order valence-electron chi connectivity index (χ0n) is 12.8. The van der Waals surface area contributed by atoms with Crippen LogP contribution in [0.1, 0.15) is 33.3 Å². The van der Waals surface area contributed by atoms with Crippen molar-refractivity contribution in [3.63, 3.8) is 0 Å². The Kier molecular flexibility index (Phi) is 5.87. The number of nitriles is 1. The highest BCUT2D eigenvalue weighted by Crippen LogP contribution is 2.23. The van der Waals surface area contributed by atoms with Crippen LogP contribution in [0.3, 0.4) is 0 Å². The van der Waals surface area contributed by atoms with Crippen LogP contribution in [-0.2, 0) is 10.0 Å². The number of benzene rings is 1. The van der Waals surface area contributed by atoms with Gasteiger partial charge in [0.2, 0.25) is 10.0 Å². The third kappa shape index (κ3) is 4.26. The van der Waals surface area contributed by atoms with E-state index >= 15 is 0 Å². The molecule has 0 saturated carbocycles. The minimum atomic E-state index is -3.89. The summed E-state index contributed by atoms with van der Waals surface area (Å²) in [6.45, 7) is 8.34. The van der Waals surface area contributed by atoms with Gasteiger partial charge < -0.3 is 0 Å². The van der Waals surface area contributed by atoms with Crippen LogP contribution in [0.4, 0.5) is 4.39 Å². The summed E-state index contributed by atoms with van der Waals surface area (Å²) in [5.41, 5.74) is -0.421. The molecule has 0 aliphatic carbocycles. The maximum atomic E-state index is 13.7. The Labute approximate surface area is 126 Å². The largest absolute Gasteiger partial charge is 0.244 e. The molecule has 0 saturated heterocycles.